The van der Waals surface area contributed by atoms with E-state index in [1.165, 1.54) is 29.1 Å². The number of benzene rings is 2. The number of hydrogen-bond donors (Lipinski definition) is 1. The summed E-state index contributed by atoms with van der Waals surface area (Å²) >= 11 is 7.50. The molecule has 0 radical (unpaired) electrons. The Morgan fingerprint density at radius 2 is 1.71 bits per heavy atom. The summed E-state index contributed by atoms with van der Waals surface area (Å²) in [6.45, 7) is 5.04. The van der Waals surface area contributed by atoms with E-state index >= 15 is 0 Å². The molecule has 0 unspecified atom stereocenters. The van der Waals surface area contributed by atoms with Gasteiger partial charge in [0, 0.05) is 64.1 Å². The molecule has 0 amide bonds. The third-order valence-corrected chi connectivity index (χ3v) is 8.82. The van der Waals surface area contributed by atoms with Gasteiger partial charge >= 0.3 is 0 Å². The summed E-state index contributed by atoms with van der Waals surface area (Å²) in [6.07, 6.45) is 5.51. The largest absolute Gasteiger partial charge is 0.351 e. The van der Waals surface area contributed by atoms with E-state index in [4.69, 9.17) is 17.2 Å². The molecule has 0 bridgehead atoms. The predicted octanol–water partition coefficient (Wildman–Crippen LogP) is 7.18. The summed E-state index contributed by atoms with van der Waals surface area (Å²) in [5, 5.41) is 15.2. The number of nitro groups is 1. The van der Waals surface area contributed by atoms with Gasteiger partial charge in [-0.1, -0.05) is 23.9 Å². The molecule has 6 rings (SSSR count). The van der Waals surface area contributed by atoms with Gasteiger partial charge in [0.15, 0.2) is 5.11 Å². The molecule has 1 aliphatic heterocycles. The van der Waals surface area contributed by atoms with Gasteiger partial charge in [0.1, 0.15) is 0 Å². The van der Waals surface area contributed by atoms with Crippen LogP contribution in [0.15, 0.2) is 113 Å². The van der Waals surface area contributed by atoms with Gasteiger partial charge in [0.2, 0.25) is 0 Å². The standard InChI is InChI=1S/C32H28N6O2S2/c1-21-18-28(22(2)36(21)20-23-6-5-16-33-19-23)31-30(29-7-3-4-17-34-29)35-32(41)37(31)24-8-12-26(13-9-24)42-27-14-10-25(11-15-27)38(39)40/h3-19,30-31H,20H2,1-2H3,(H,35,41)/t30-,31+/m1/s1. The number of nitro benzene ring substituents is 1. The van der Waals surface area contributed by atoms with Crippen LogP contribution in [0.1, 0.15) is 40.3 Å². The third-order valence-electron chi connectivity index (χ3n) is 7.49. The first kappa shape index (κ1) is 27.6. The van der Waals surface area contributed by atoms with Crippen LogP contribution in [-0.4, -0.2) is 24.6 Å². The lowest BCUT2D eigenvalue weighted by Gasteiger charge is -2.28. The predicted molar refractivity (Wildman–Crippen MR) is 169 cm³/mol. The molecule has 1 aliphatic rings. The fourth-order valence-corrected chi connectivity index (χ4v) is 6.60. The maximum atomic E-state index is 11.0. The number of anilines is 1. The first-order chi connectivity index (χ1) is 20.4. The Balaban J connectivity index is 1.34. The number of aromatic nitrogens is 3. The van der Waals surface area contributed by atoms with Crippen LogP contribution in [0, 0.1) is 24.0 Å². The van der Waals surface area contributed by atoms with E-state index in [2.05, 4.69) is 70.0 Å². The molecule has 42 heavy (non-hydrogen) atoms. The highest BCUT2D eigenvalue weighted by Crippen LogP contribution is 2.44. The Hall–Kier alpha value is -4.54. The van der Waals surface area contributed by atoms with Crippen LogP contribution in [0.4, 0.5) is 11.4 Å². The third kappa shape index (κ3) is 5.50. The summed E-state index contributed by atoms with van der Waals surface area (Å²) in [6, 6.07) is 26.9. The zero-order valence-corrected chi connectivity index (χ0v) is 24.7. The molecule has 210 valence electrons. The van der Waals surface area contributed by atoms with Crippen LogP contribution < -0.4 is 10.2 Å². The van der Waals surface area contributed by atoms with E-state index in [9.17, 15) is 10.1 Å². The fourth-order valence-electron chi connectivity index (χ4n) is 5.44. The molecule has 4 heterocycles. The number of non-ortho nitro benzene ring substituents is 1. The van der Waals surface area contributed by atoms with Gasteiger partial charge in [-0.3, -0.25) is 20.1 Å². The van der Waals surface area contributed by atoms with Crippen LogP contribution in [0.5, 0.6) is 0 Å². The highest BCUT2D eigenvalue weighted by Gasteiger charge is 2.42. The Labute approximate surface area is 253 Å². The van der Waals surface area contributed by atoms with Gasteiger partial charge in [-0.2, -0.15) is 0 Å². The molecular formula is C32H28N6O2S2. The number of pyridine rings is 2. The Bertz CT molecular complexity index is 1730. The van der Waals surface area contributed by atoms with E-state index in [0.717, 1.165) is 33.3 Å². The first-order valence-corrected chi connectivity index (χ1v) is 14.7. The molecule has 2 atom stereocenters. The molecule has 0 saturated carbocycles. The van der Waals surface area contributed by atoms with E-state index in [1.54, 1.807) is 30.1 Å². The van der Waals surface area contributed by atoms with Gasteiger partial charge in [-0.15, -0.1) is 0 Å². The van der Waals surface area contributed by atoms with Crippen molar-refractivity contribution >= 4 is 40.5 Å². The van der Waals surface area contributed by atoms with Crippen molar-refractivity contribution in [3.05, 3.63) is 142 Å². The Morgan fingerprint density at radius 3 is 2.36 bits per heavy atom. The maximum Gasteiger partial charge on any atom is 0.269 e. The molecule has 3 aromatic heterocycles. The second kappa shape index (κ2) is 11.8. The van der Waals surface area contributed by atoms with Gasteiger partial charge in [-0.05, 0) is 97.9 Å². The van der Waals surface area contributed by atoms with Crippen LogP contribution in [-0.2, 0) is 6.54 Å². The number of hydrogen-bond acceptors (Lipinski definition) is 6. The monoisotopic (exact) mass is 592 g/mol. The van der Waals surface area contributed by atoms with Crippen molar-refractivity contribution in [2.45, 2.75) is 42.3 Å². The molecule has 0 aliphatic carbocycles. The van der Waals surface area contributed by atoms with Crippen molar-refractivity contribution in [2.75, 3.05) is 4.90 Å². The van der Waals surface area contributed by atoms with Crippen LogP contribution in [0.2, 0.25) is 0 Å². The lowest BCUT2D eigenvalue weighted by molar-refractivity contribution is -0.384. The number of rotatable bonds is 8. The molecule has 1 fully saturated rings. The van der Waals surface area contributed by atoms with E-state index < -0.39 is 0 Å². The van der Waals surface area contributed by atoms with Crippen molar-refractivity contribution in [1.29, 1.82) is 0 Å². The molecule has 8 nitrogen and oxygen atoms in total. The molecule has 5 aromatic rings. The summed E-state index contributed by atoms with van der Waals surface area (Å²) in [5.41, 5.74) is 6.64. The summed E-state index contributed by atoms with van der Waals surface area (Å²) in [5.74, 6) is 0. The van der Waals surface area contributed by atoms with E-state index in [1.807, 2.05) is 36.7 Å². The number of aryl methyl sites for hydroxylation is 1. The van der Waals surface area contributed by atoms with Crippen molar-refractivity contribution < 1.29 is 4.92 Å². The number of thiocarbonyl (C=S) groups is 1. The summed E-state index contributed by atoms with van der Waals surface area (Å²) < 4.78 is 2.32. The number of nitrogens with one attached hydrogen (secondary N) is 1. The molecule has 2 aromatic carbocycles. The highest BCUT2D eigenvalue weighted by atomic mass is 32.2. The summed E-state index contributed by atoms with van der Waals surface area (Å²) in [7, 11) is 0. The van der Waals surface area contributed by atoms with Gasteiger partial charge in [-0.25, -0.2) is 0 Å². The highest BCUT2D eigenvalue weighted by molar-refractivity contribution is 7.99. The van der Waals surface area contributed by atoms with Crippen LogP contribution in [0.25, 0.3) is 0 Å². The van der Waals surface area contributed by atoms with Crippen molar-refractivity contribution in [1.82, 2.24) is 19.9 Å². The second-order valence-electron chi connectivity index (χ2n) is 10.1. The van der Waals surface area contributed by atoms with Gasteiger partial charge in [0.25, 0.3) is 5.69 Å². The van der Waals surface area contributed by atoms with Crippen molar-refractivity contribution in [3.63, 3.8) is 0 Å². The van der Waals surface area contributed by atoms with Crippen LogP contribution in [0.3, 0.4) is 0 Å². The topological polar surface area (TPSA) is 89.1 Å². The minimum Gasteiger partial charge on any atom is -0.351 e. The molecule has 1 saturated heterocycles. The van der Waals surface area contributed by atoms with E-state index in [0.29, 0.717) is 5.11 Å². The normalized spacial score (nSPS) is 16.4. The lowest BCUT2D eigenvalue weighted by atomic mass is 9.96. The van der Waals surface area contributed by atoms with Crippen LogP contribution >= 0.6 is 24.0 Å². The Kier molecular flexibility index (Phi) is 7.73. The maximum absolute atomic E-state index is 11.0. The number of nitrogens with zero attached hydrogens (tertiary/aromatic N) is 5. The molecule has 0 spiro atoms. The van der Waals surface area contributed by atoms with Gasteiger partial charge in [0.05, 0.1) is 22.7 Å². The zero-order chi connectivity index (χ0) is 29.2. The van der Waals surface area contributed by atoms with Crippen molar-refractivity contribution in [3.8, 4) is 0 Å². The summed E-state index contributed by atoms with van der Waals surface area (Å²) in [4.78, 5) is 23.7. The molecule has 1 N–H and O–H groups in total. The minimum absolute atomic E-state index is 0.0815. The average molecular weight is 593 g/mol. The Morgan fingerprint density at radius 1 is 0.976 bits per heavy atom. The van der Waals surface area contributed by atoms with Crippen molar-refractivity contribution in [2.24, 2.45) is 0 Å². The fraction of sp³-hybridized carbons (Fsp3) is 0.156. The second-order valence-corrected chi connectivity index (χ2v) is 11.7. The molecule has 10 heteroatoms. The van der Waals surface area contributed by atoms with Gasteiger partial charge < -0.3 is 14.8 Å². The first-order valence-electron chi connectivity index (χ1n) is 13.5. The lowest BCUT2D eigenvalue weighted by Crippen LogP contribution is -2.29. The quantitative estimate of drug-likeness (QED) is 0.115. The molecular weight excluding hydrogens is 565 g/mol. The SMILES string of the molecule is Cc1cc([C@H]2[C@@H](c3ccccn3)NC(=S)N2c2ccc(Sc3ccc([N+](=O)[O-])cc3)cc2)c(C)n1Cc1cccnc1. The minimum atomic E-state index is -0.388. The van der Waals surface area contributed by atoms with E-state index in [-0.39, 0.29) is 22.7 Å². The average Bonchev–Trinajstić information content (AvgIpc) is 3.49. The zero-order valence-electron chi connectivity index (χ0n) is 23.0. The smallest absolute Gasteiger partial charge is 0.269 e.